The van der Waals surface area contributed by atoms with Gasteiger partial charge in [-0.1, -0.05) is 0 Å². The molecular weight excluding hydrogens is 240 g/mol. The van der Waals surface area contributed by atoms with Gasteiger partial charge in [-0.3, -0.25) is 14.7 Å². The molecule has 0 radical (unpaired) electrons. The molecule has 1 amide bonds. The normalized spacial score (nSPS) is 10.8. The number of hydrogen-bond donors (Lipinski definition) is 0. The molecule has 4 heteroatoms. The number of rotatable bonds is 3. The van der Waals surface area contributed by atoms with E-state index in [2.05, 4.69) is 10.9 Å². The molecule has 0 saturated heterocycles. The van der Waals surface area contributed by atoms with Gasteiger partial charge in [0, 0.05) is 24.2 Å². The van der Waals surface area contributed by atoms with Crippen LogP contribution in [0.1, 0.15) is 12.7 Å². The number of aromatic nitrogens is 1. The minimum Gasteiger partial charge on any atom is -0.465 e. The Morgan fingerprint density at radius 2 is 2.16 bits per heavy atom. The first-order valence-corrected chi connectivity index (χ1v) is 5.64. The van der Waals surface area contributed by atoms with E-state index in [-0.39, 0.29) is 0 Å². The number of carbonyl (C=O) groups is 1. The van der Waals surface area contributed by atoms with Gasteiger partial charge in [0.25, 0.3) is 0 Å². The lowest BCUT2D eigenvalue weighted by Crippen LogP contribution is -2.23. The average Bonchev–Trinajstić information content (AvgIpc) is 2.99. The van der Waals surface area contributed by atoms with Crippen molar-refractivity contribution in [3.63, 3.8) is 0 Å². The van der Waals surface area contributed by atoms with E-state index < -0.39 is 5.91 Å². The number of pyridine rings is 1. The van der Waals surface area contributed by atoms with E-state index in [4.69, 9.17) is 10.8 Å². The number of furan rings is 1. The standard InChI is InChI=1S/C15H12N2O2/c1-3-15(18)17(13-6-8-16-9-7-13)11-12(2)14-5-4-10-19-14/h1,4-11H,2H3. The fourth-order valence-electron chi connectivity index (χ4n) is 1.58. The predicted octanol–water partition coefficient (Wildman–Crippen LogP) is 2.70. The fraction of sp³-hybridized carbons (Fsp3) is 0.0667. The summed E-state index contributed by atoms with van der Waals surface area (Å²) in [6, 6.07) is 7.02. The van der Waals surface area contributed by atoms with E-state index >= 15 is 0 Å². The third-order valence-electron chi connectivity index (χ3n) is 2.52. The van der Waals surface area contributed by atoms with Crippen molar-refractivity contribution < 1.29 is 9.21 Å². The van der Waals surface area contributed by atoms with Gasteiger partial charge in [0.1, 0.15) is 5.76 Å². The second-order valence-corrected chi connectivity index (χ2v) is 3.81. The molecule has 19 heavy (non-hydrogen) atoms. The van der Waals surface area contributed by atoms with Gasteiger partial charge in [-0.2, -0.15) is 0 Å². The molecule has 94 valence electrons. The minimum atomic E-state index is -0.447. The van der Waals surface area contributed by atoms with Crippen molar-refractivity contribution in [3.05, 3.63) is 54.9 Å². The van der Waals surface area contributed by atoms with Gasteiger partial charge >= 0.3 is 5.91 Å². The monoisotopic (exact) mass is 252 g/mol. The highest BCUT2D eigenvalue weighted by molar-refractivity contribution is 6.07. The Labute approximate surface area is 111 Å². The average molecular weight is 252 g/mol. The number of terminal acetylenes is 1. The van der Waals surface area contributed by atoms with Crippen LogP contribution in [0.25, 0.3) is 5.57 Å². The molecule has 0 aromatic carbocycles. The summed E-state index contributed by atoms with van der Waals surface area (Å²) in [6.45, 7) is 1.84. The third-order valence-corrected chi connectivity index (χ3v) is 2.52. The van der Waals surface area contributed by atoms with Crippen molar-refractivity contribution in [2.24, 2.45) is 0 Å². The van der Waals surface area contributed by atoms with E-state index in [9.17, 15) is 4.79 Å². The van der Waals surface area contributed by atoms with Crippen LogP contribution in [0, 0.1) is 12.3 Å². The SMILES string of the molecule is C#CC(=O)N(C=C(C)c1ccco1)c1ccncc1. The van der Waals surface area contributed by atoms with Crippen LogP contribution >= 0.6 is 0 Å². The van der Waals surface area contributed by atoms with Crippen molar-refractivity contribution in [1.82, 2.24) is 4.98 Å². The van der Waals surface area contributed by atoms with E-state index in [1.807, 2.05) is 13.0 Å². The number of amides is 1. The Hall–Kier alpha value is -2.80. The van der Waals surface area contributed by atoms with Crippen LogP contribution in [0.3, 0.4) is 0 Å². The molecular formula is C15H12N2O2. The van der Waals surface area contributed by atoms with Gasteiger partial charge in [0.15, 0.2) is 0 Å². The minimum absolute atomic E-state index is 0.447. The maximum atomic E-state index is 11.8. The number of hydrogen-bond acceptors (Lipinski definition) is 3. The van der Waals surface area contributed by atoms with Gasteiger partial charge in [-0.15, -0.1) is 6.42 Å². The van der Waals surface area contributed by atoms with Crippen LogP contribution in [0.4, 0.5) is 5.69 Å². The molecule has 0 unspecified atom stereocenters. The summed E-state index contributed by atoms with van der Waals surface area (Å²) in [4.78, 5) is 17.1. The van der Waals surface area contributed by atoms with Crippen LogP contribution in [0.5, 0.6) is 0 Å². The topological polar surface area (TPSA) is 46.3 Å². The van der Waals surface area contributed by atoms with Gasteiger partial charge < -0.3 is 4.42 Å². The van der Waals surface area contributed by atoms with E-state index in [0.29, 0.717) is 11.4 Å². The molecule has 4 nitrogen and oxygen atoms in total. The summed E-state index contributed by atoms with van der Waals surface area (Å²) in [5, 5.41) is 0. The molecule has 2 heterocycles. The highest BCUT2D eigenvalue weighted by atomic mass is 16.3. The number of allylic oxidation sites excluding steroid dienone is 1. The van der Waals surface area contributed by atoms with E-state index in [1.54, 1.807) is 43.1 Å². The lowest BCUT2D eigenvalue weighted by molar-refractivity contribution is -0.112. The molecule has 0 fully saturated rings. The van der Waals surface area contributed by atoms with Crippen LogP contribution in [0.2, 0.25) is 0 Å². The molecule has 2 aromatic rings. The van der Waals surface area contributed by atoms with Crippen LogP contribution in [-0.2, 0) is 4.79 Å². The summed E-state index contributed by atoms with van der Waals surface area (Å²) in [5.74, 6) is 2.34. The van der Waals surface area contributed by atoms with Crippen molar-refractivity contribution in [2.45, 2.75) is 6.92 Å². The number of anilines is 1. The largest absolute Gasteiger partial charge is 0.465 e. The highest BCUT2D eigenvalue weighted by Gasteiger charge is 2.12. The van der Waals surface area contributed by atoms with Crippen molar-refractivity contribution in [2.75, 3.05) is 4.90 Å². The molecule has 2 aromatic heterocycles. The molecule has 0 atom stereocenters. The van der Waals surface area contributed by atoms with Gasteiger partial charge in [0.05, 0.1) is 12.0 Å². The lowest BCUT2D eigenvalue weighted by atomic mass is 10.2. The van der Waals surface area contributed by atoms with Crippen molar-refractivity contribution >= 4 is 17.2 Å². The molecule has 0 aliphatic carbocycles. The third kappa shape index (κ3) is 2.90. The second kappa shape index (κ2) is 5.69. The summed E-state index contributed by atoms with van der Waals surface area (Å²) < 4.78 is 5.28. The Kier molecular flexibility index (Phi) is 3.79. The molecule has 2 rings (SSSR count). The van der Waals surface area contributed by atoms with E-state index in [0.717, 1.165) is 5.57 Å². The number of carbonyl (C=O) groups excluding carboxylic acids is 1. The maximum Gasteiger partial charge on any atom is 0.306 e. The summed E-state index contributed by atoms with van der Waals surface area (Å²) in [6.07, 6.45) is 11.6. The molecule has 0 N–H and O–H groups in total. The van der Waals surface area contributed by atoms with Crippen molar-refractivity contribution in [3.8, 4) is 12.3 Å². The smallest absolute Gasteiger partial charge is 0.306 e. The Bertz CT molecular complexity index is 622. The van der Waals surface area contributed by atoms with Crippen molar-refractivity contribution in [1.29, 1.82) is 0 Å². The van der Waals surface area contributed by atoms with Gasteiger partial charge in [-0.05, 0) is 37.1 Å². The fourth-order valence-corrected chi connectivity index (χ4v) is 1.58. The molecule has 0 saturated carbocycles. The second-order valence-electron chi connectivity index (χ2n) is 3.81. The quantitative estimate of drug-likeness (QED) is 0.789. The predicted molar refractivity (Wildman–Crippen MR) is 72.9 cm³/mol. The molecule has 0 spiro atoms. The Morgan fingerprint density at radius 3 is 2.74 bits per heavy atom. The van der Waals surface area contributed by atoms with Gasteiger partial charge in [0.2, 0.25) is 0 Å². The zero-order valence-corrected chi connectivity index (χ0v) is 10.4. The van der Waals surface area contributed by atoms with Crippen LogP contribution in [-0.4, -0.2) is 10.9 Å². The lowest BCUT2D eigenvalue weighted by Gasteiger charge is -2.16. The zero-order valence-electron chi connectivity index (χ0n) is 10.4. The zero-order chi connectivity index (χ0) is 13.7. The first kappa shape index (κ1) is 12.7. The summed E-state index contributed by atoms with van der Waals surface area (Å²) >= 11 is 0. The van der Waals surface area contributed by atoms with E-state index in [1.165, 1.54) is 4.90 Å². The number of nitrogens with zero attached hydrogens (tertiary/aromatic N) is 2. The summed E-state index contributed by atoms with van der Waals surface area (Å²) in [7, 11) is 0. The Balaban J connectivity index is 2.38. The van der Waals surface area contributed by atoms with Crippen LogP contribution < -0.4 is 4.90 Å². The molecule has 0 aliphatic heterocycles. The van der Waals surface area contributed by atoms with Crippen LogP contribution in [0.15, 0.2) is 53.5 Å². The first-order chi connectivity index (χ1) is 9.22. The molecule has 0 aliphatic rings. The summed E-state index contributed by atoms with van der Waals surface area (Å²) in [5.41, 5.74) is 1.45. The molecule has 0 bridgehead atoms. The van der Waals surface area contributed by atoms with Gasteiger partial charge in [-0.25, -0.2) is 0 Å². The highest BCUT2D eigenvalue weighted by Crippen LogP contribution is 2.19. The Morgan fingerprint density at radius 1 is 1.42 bits per heavy atom. The maximum absolute atomic E-state index is 11.8. The first-order valence-electron chi connectivity index (χ1n) is 5.64.